The fraction of sp³-hybridized carbons (Fsp3) is 0.667. The van der Waals surface area contributed by atoms with Crippen LogP contribution in [0.2, 0.25) is 0 Å². The third-order valence-corrected chi connectivity index (χ3v) is 7.85. The summed E-state index contributed by atoms with van der Waals surface area (Å²) in [5.74, 6) is 0. The molecule has 0 aromatic rings. The van der Waals surface area contributed by atoms with Gasteiger partial charge in [0, 0.05) is 0 Å². The van der Waals surface area contributed by atoms with E-state index in [9.17, 15) is 4.79 Å². The molecule has 0 aliphatic heterocycles. The zero-order valence-electron chi connectivity index (χ0n) is 4.56. The second kappa shape index (κ2) is 3.70. The van der Waals surface area contributed by atoms with Crippen LogP contribution in [0.15, 0.2) is 0 Å². The molecular weight excluding hydrogens is 336 g/mol. The van der Waals surface area contributed by atoms with Crippen LogP contribution >= 0.6 is 43.0 Å². The molecule has 1 N–H and O–H groups in total. The van der Waals surface area contributed by atoms with E-state index in [0.29, 0.717) is 0 Å². The molecule has 0 bridgehead atoms. The number of carboxylic acid groups (broad SMARTS) is 1. The summed E-state index contributed by atoms with van der Waals surface area (Å²) in [5, 5.41) is 8.31. The van der Waals surface area contributed by atoms with Crippen molar-refractivity contribution in [3.8, 4) is 0 Å². The topological polar surface area (TPSA) is 40.5 Å². The number of hydrogen-bond donors (Lipinski definition) is 1. The number of alkyl halides is 2. The molecule has 5 heteroatoms. The first-order chi connectivity index (χ1) is 3.55. The molecule has 0 atom stereocenters. The average Bonchev–Trinajstić information content (AvgIpc) is 1.64. The second-order valence-electron chi connectivity index (χ2n) is 1.23. The average molecular weight is 343 g/mol. The summed E-state index contributed by atoms with van der Waals surface area (Å²) in [4.78, 5) is 14.1. The van der Waals surface area contributed by atoms with Gasteiger partial charge in [0.1, 0.15) is 0 Å². The van der Waals surface area contributed by atoms with Gasteiger partial charge >= 0.3 is 70.1 Å². The quantitative estimate of drug-likeness (QED) is 0.450. The van der Waals surface area contributed by atoms with Crippen molar-refractivity contribution in [2.75, 3.05) is 9.86 Å². The molecule has 50 valence electrons. The fourth-order valence-corrected chi connectivity index (χ4v) is 0.970. The Balaban J connectivity index is 3.64. The molecular formula is C3H7I2NO2. The summed E-state index contributed by atoms with van der Waals surface area (Å²) >= 11 is 0.574. The third-order valence-electron chi connectivity index (χ3n) is 0.441. The maximum atomic E-state index is 10.1. The Hall–Kier alpha value is 0.730. The van der Waals surface area contributed by atoms with Gasteiger partial charge in [0.2, 0.25) is 0 Å². The molecule has 8 heavy (non-hydrogen) atoms. The molecule has 0 aromatic heterocycles. The first kappa shape index (κ1) is 8.73. The third kappa shape index (κ3) is 2.90. The van der Waals surface area contributed by atoms with Gasteiger partial charge in [-0.25, -0.2) is 0 Å². The molecule has 0 unspecified atom stereocenters. The van der Waals surface area contributed by atoms with Crippen molar-refractivity contribution in [2.24, 2.45) is 0 Å². The Kier molecular flexibility index (Phi) is 4.04. The van der Waals surface area contributed by atoms with Crippen LogP contribution in [0, 0.1) is 0 Å². The predicted octanol–water partition coefficient (Wildman–Crippen LogP) is 2.00. The SMILES string of the molecule is CI(C)N(I)C(=O)O. The number of nitrogens with zero attached hydrogens (tertiary/aromatic N) is 1. The molecule has 0 fully saturated rings. The molecule has 0 heterocycles. The van der Waals surface area contributed by atoms with Crippen LogP contribution in [0.5, 0.6) is 0 Å². The predicted molar refractivity (Wildman–Crippen MR) is 49.8 cm³/mol. The fourth-order valence-electron chi connectivity index (χ4n) is 0.145. The van der Waals surface area contributed by atoms with E-state index >= 15 is 0 Å². The molecule has 0 rings (SSSR count). The van der Waals surface area contributed by atoms with Crippen molar-refractivity contribution in [1.29, 1.82) is 0 Å². The zero-order chi connectivity index (χ0) is 6.73. The Morgan fingerprint density at radius 3 is 2.12 bits per heavy atom. The molecule has 3 nitrogen and oxygen atoms in total. The van der Waals surface area contributed by atoms with E-state index in [2.05, 4.69) is 0 Å². The normalized spacial score (nSPS) is 10.6. The van der Waals surface area contributed by atoms with Gasteiger partial charge in [0.25, 0.3) is 0 Å². The Labute approximate surface area is 69.7 Å². The number of carbonyl (C=O) groups is 1. The Bertz CT molecular complexity index is 95.3. The van der Waals surface area contributed by atoms with Crippen molar-refractivity contribution in [1.82, 2.24) is 1.33 Å². The minimum atomic E-state index is -1.25. The van der Waals surface area contributed by atoms with Gasteiger partial charge in [-0.15, -0.1) is 0 Å². The van der Waals surface area contributed by atoms with Crippen LogP contribution in [0.1, 0.15) is 0 Å². The summed E-state index contributed by atoms with van der Waals surface area (Å²) in [5.41, 5.74) is 0. The molecule has 0 aliphatic carbocycles. The van der Waals surface area contributed by atoms with Gasteiger partial charge in [-0.1, -0.05) is 0 Å². The minimum absolute atomic E-state index is 0.819. The monoisotopic (exact) mass is 343 g/mol. The van der Waals surface area contributed by atoms with Crippen molar-refractivity contribution in [3.05, 3.63) is 0 Å². The van der Waals surface area contributed by atoms with E-state index in [4.69, 9.17) is 5.11 Å². The van der Waals surface area contributed by atoms with Crippen molar-refractivity contribution in [2.45, 2.75) is 0 Å². The molecule has 0 radical (unpaired) electrons. The van der Waals surface area contributed by atoms with E-state index in [0.717, 1.165) is 0 Å². The molecule has 0 saturated heterocycles. The first-order valence-electron chi connectivity index (χ1n) is 1.75. The number of hydrogen-bond acceptors (Lipinski definition) is 1. The Morgan fingerprint density at radius 2 is 2.12 bits per heavy atom. The number of rotatable bonds is 1. The summed E-state index contributed by atoms with van der Waals surface area (Å²) in [6, 6.07) is 0. The van der Waals surface area contributed by atoms with Gasteiger partial charge in [-0.3, -0.25) is 0 Å². The van der Waals surface area contributed by atoms with E-state index in [1.54, 1.807) is 0 Å². The summed E-state index contributed by atoms with van der Waals surface area (Å²) < 4.78 is 1.38. The van der Waals surface area contributed by atoms with Gasteiger partial charge in [-0.2, -0.15) is 0 Å². The molecule has 0 aliphatic rings. The zero-order valence-corrected chi connectivity index (χ0v) is 8.87. The van der Waals surface area contributed by atoms with Crippen LogP contribution in [0.3, 0.4) is 0 Å². The second-order valence-corrected chi connectivity index (χ2v) is 9.09. The Morgan fingerprint density at radius 1 is 1.75 bits per heavy atom. The van der Waals surface area contributed by atoms with Crippen molar-refractivity contribution < 1.29 is 9.90 Å². The van der Waals surface area contributed by atoms with Crippen LogP contribution in [-0.2, 0) is 0 Å². The van der Waals surface area contributed by atoms with E-state index in [1.807, 2.05) is 32.7 Å². The first-order valence-corrected chi connectivity index (χ1v) is 7.99. The number of amides is 1. The van der Waals surface area contributed by atoms with Gasteiger partial charge in [-0.05, 0) is 0 Å². The number of halogens is 2. The van der Waals surface area contributed by atoms with Gasteiger partial charge in [0.15, 0.2) is 0 Å². The van der Waals surface area contributed by atoms with Crippen LogP contribution in [0.4, 0.5) is 4.79 Å². The van der Waals surface area contributed by atoms with Crippen molar-refractivity contribution in [3.63, 3.8) is 0 Å². The summed E-state index contributed by atoms with van der Waals surface area (Å²) in [7, 11) is 0. The molecule has 0 spiro atoms. The standard InChI is InChI=1S/C3H7I2NO2/c1-5(2)6(4)3(7)8/h1-2H3,(H,7,8). The van der Waals surface area contributed by atoms with Crippen LogP contribution in [0.25, 0.3) is 0 Å². The molecule has 0 saturated carbocycles. The summed E-state index contributed by atoms with van der Waals surface area (Å²) in [6.45, 7) is 0. The van der Waals surface area contributed by atoms with Crippen LogP contribution in [-0.4, -0.2) is 22.4 Å². The van der Waals surface area contributed by atoms with Gasteiger partial charge in [0.05, 0.1) is 0 Å². The van der Waals surface area contributed by atoms with E-state index in [1.165, 1.54) is 1.33 Å². The van der Waals surface area contributed by atoms with E-state index < -0.39 is 26.2 Å². The van der Waals surface area contributed by atoms with Crippen LogP contribution < -0.4 is 0 Å². The molecule has 0 aromatic carbocycles. The van der Waals surface area contributed by atoms with Crippen molar-refractivity contribution >= 4 is 49.1 Å². The van der Waals surface area contributed by atoms with E-state index in [-0.39, 0.29) is 0 Å². The maximum absolute atomic E-state index is 10.1. The van der Waals surface area contributed by atoms with Gasteiger partial charge < -0.3 is 0 Å². The molecule has 1 amide bonds. The summed E-state index contributed by atoms with van der Waals surface area (Å²) in [6.07, 6.45) is -0.819.